The molecule has 4 heteroatoms. The van der Waals surface area contributed by atoms with E-state index < -0.39 is 0 Å². The maximum atomic E-state index is 12.6. The normalized spacial score (nSPS) is 10.6. The quantitative estimate of drug-likeness (QED) is 0.0960. The van der Waals surface area contributed by atoms with Crippen LogP contribution in [0.15, 0.2) is 206 Å². The van der Waals surface area contributed by atoms with Crippen molar-refractivity contribution in [2.24, 2.45) is 0 Å². The van der Waals surface area contributed by atoms with Crippen LogP contribution >= 0.6 is 0 Å². The monoisotopic (exact) mass is 754 g/mol. The van der Waals surface area contributed by atoms with Gasteiger partial charge in [0.1, 0.15) is 0 Å². The zero-order valence-electron chi connectivity index (χ0n) is 32.4. The topological polar surface area (TPSA) is 86.2 Å². The fraction of sp³-hybridized carbons (Fsp3) is 0.0741. The van der Waals surface area contributed by atoms with Crippen molar-refractivity contribution in [3.63, 3.8) is 0 Å². The van der Waals surface area contributed by atoms with Gasteiger partial charge < -0.3 is 11.5 Å². The van der Waals surface area contributed by atoms with Gasteiger partial charge in [-0.15, -0.1) is 0 Å². The largest absolute Gasteiger partial charge is 0.399 e. The molecule has 0 aliphatic heterocycles. The van der Waals surface area contributed by atoms with E-state index >= 15 is 0 Å². The molecule has 0 bridgehead atoms. The van der Waals surface area contributed by atoms with Crippen LogP contribution in [0.25, 0.3) is 0 Å². The fourth-order valence-electron chi connectivity index (χ4n) is 6.82. The van der Waals surface area contributed by atoms with E-state index in [1.165, 1.54) is 44.5 Å². The Labute approximate surface area is 341 Å². The first-order valence-corrected chi connectivity index (χ1v) is 19.6. The van der Waals surface area contributed by atoms with Crippen LogP contribution < -0.4 is 11.5 Å². The van der Waals surface area contributed by atoms with Gasteiger partial charge in [-0.3, -0.25) is 9.59 Å². The summed E-state index contributed by atoms with van der Waals surface area (Å²) in [5, 5.41) is 0. The molecule has 0 aliphatic carbocycles. The highest BCUT2D eigenvalue weighted by molar-refractivity contribution is 6.09. The molecule has 0 aliphatic rings. The molecule has 4 N–H and O–H groups in total. The SMILES string of the molecule is Nc1ccc(Cc2ccc(C(=O)c3ccccc3)cc2)cc1.Nc1ccc(Cc2ccc(Cc3ccc(Cc4ccc(C(=O)c5ccccc5)cc4)cc3)cc2)cc1. The van der Waals surface area contributed by atoms with E-state index in [4.69, 9.17) is 11.5 Å². The maximum absolute atomic E-state index is 12.6. The first kappa shape index (κ1) is 39.0. The first-order chi connectivity index (χ1) is 28.3. The molecule has 0 radical (unpaired) electrons. The van der Waals surface area contributed by atoms with Crippen molar-refractivity contribution in [3.05, 3.63) is 273 Å². The lowest BCUT2D eigenvalue weighted by molar-refractivity contribution is 0.103. The zero-order chi connectivity index (χ0) is 40.1. The lowest BCUT2D eigenvalue weighted by atomic mass is 9.97. The van der Waals surface area contributed by atoms with Crippen molar-refractivity contribution in [1.82, 2.24) is 0 Å². The van der Waals surface area contributed by atoms with E-state index in [2.05, 4.69) is 72.8 Å². The van der Waals surface area contributed by atoms with Crippen LogP contribution in [0, 0.1) is 0 Å². The van der Waals surface area contributed by atoms with Crippen LogP contribution in [0.4, 0.5) is 11.4 Å². The third-order valence-electron chi connectivity index (χ3n) is 10.1. The molecule has 0 fully saturated rings. The summed E-state index contributed by atoms with van der Waals surface area (Å²) in [6.45, 7) is 0. The van der Waals surface area contributed by atoms with Gasteiger partial charge in [0.15, 0.2) is 11.6 Å². The Morgan fingerprint density at radius 3 is 0.690 bits per heavy atom. The van der Waals surface area contributed by atoms with Crippen molar-refractivity contribution in [2.45, 2.75) is 25.7 Å². The summed E-state index contributed by atoms with van der Waals surface area (Å²) in [6, 6.07) is 68.2. The standard InChI is InChI=1S/C34H29NO.C20H17NO/c35-33-20-16-30(17-21-33)24-28-12-8-26(9-13-28)22-25-6-10-27(11-7-25)23-29-14-18-32(19-15-29)34(36)31-4-2-1-3-5-31;21-19-12-8-16(9-13-19)14-15-6-10-18(11-7-15)20(22)17-4-2-1-3-5-17/h1-21H,22-24,35H2;1-13H,14,21H2. The molecule has 8 aromatic carbocycles. The van der Waals surface area contributed by atoms with Crippen molar-refractivity contribution < 1.29 is 9.59 Å². The second kappa shape index (κ2) is 19.0. The van der Waals surface area contributed by atoms with E-state index in [9.17, 15) is 9.59 Å². The number of ketones is 2. The van der Waals surface area contributed by atoms with E-state index in [-0.39, 0.29) is 11.6 Å². The first-order valence-electron chi connectivity index (χ1n) is 19.6. The van der Waals surface area contributed by atoms with Crippen molar-refractivity contribution in [3.8, 4) is 0 Å². The highest BCUT2D eigenvalue weighted by Gasteiger charge is 2.10. The molecule has 0 amide bonds. The van der Waals surface area contributed by atoms with Crippen LogP contribution in [0.1, 0.15) is 76.4 Å². The Bertz CT molecular complexity index is 2530. The van der Waals surface area contributed by atoms with Crippen LogP contribution in [0.5, 0.6) is 0 Å². The molecule has 0 aromatic heterocycles. The molecule has 0 atom stereocenters. The molecule has 0 saturated heterocycles. The maximum Gasteiger partial charge on any atom is 0.193 e. The van der Waals surface area contributed by atoms with Gasteiger partial charge in [0.05, 0.1) is 0 Å². The Kier molecular flexibility index (Phi) is 12.8. The molecule has 58 heavy (non-hydrogen) atoms. The Morgan fingerprint density at radius 1 is 0.259 bits per heavy atom. The highest BCUT2D eigenvalue weighted by atomic mass is 16.1. The summed E-state index contributed by atoms with van der Waals surface area (Å²) in [5.41, 5.74) is 25.9. The average molecular weight is 755 g/mol. The van der Waals surface area contributed by atoms with Crippen LogP contribution in [-0.4, -0.2) is 11.6 Å². The van der Waals surface area contributed by atoms with Gasteiger partial charge in [-0.2, -0.15) is 0 Å². The van der Waals surface area contributed by atoms with E-state index in [0.29, 0.717) is 11.1 Å². The predicted octanol–water partition coefficient (Wildman–Crippen LogP) is 11.4. The summed E-state index contributed by atoms with van der Waals surface area (Å²) in [5.74, 6) is 0.115. The molecule has 0 spiro atoms. The predicted molar refractivity (Wildman–Crippen MR) is 238 cm³/mol. The minimum Gasteiger partial charge on any atom is -0.399 e. The molecular formula is C54H46N2O2. The van der Waals surface area contributed by atoms with E-state index in [1.807, 2.05) is 133 Å². The molecule has 0 unspecified atom stereocenters. The third-order valence-corrected chi connectivity index (χ3v) is 10.1. The number of carbonyl (C=O) groups excluding carboxylic acids is 2. The van der Waals surface area contributed by atoms with E-state index in [1.54, 1.807) is 0 Å². The number of rotatable bonds is 12. The van der Waals surface area contributed by atoms with Crippen LogP contribution in [0.3, 0.4) is 0 Å². The number of nitrogen functional groups attached to an aromatic ring is 2. The summed E-state index contributed by atoms with van der Waals surface area (Å²) >= 11 is 0. The highest BCUT2D eigenvalue weighted by Crippen LogP contribution is 2.19. The van der Waals surface area contributed by atoms with Gasteiger partial charge in [-0.1, -0.05) is 182 Å². The van der Waals surface area contributed by atoms with Crippen LogP contribution in [-0.2, 0) is 25.7 Å². The van der Waals surface area contributed by atoms with Crippen LogP contribution in [0.2, 0.25) is 0 Å². The zero-order valence-corrected chi connectivity index (χ0v) is 32.4. The molecule has 8 rings (SSSR count). The molecule has 0 heterocycles. The second-order valence-corrected chi connectivity index (χ2v) is 14.6. The molecule has 0 saturated carbocycles. The molecular weight excluding hydrogens is 709 g/mol. The van der Waals surface area contributed by atoms with Gasteiger partial charge in [0.2, 0.25) is 0 Å². The molecule has 8 aromatic rings. The lowest BCUT2D eigenvalue weighted by Crippen LogP contribution is -2.01. The fourth-order valence-corrected chi connectivity index (χ4v) is 6.82. The van der Waals surface area contributed by atoms with Crippen molar-refractivity contribution in [2.75, 3.05) is 11.5 Å². The average Bonchev–Trinajstić information content (AvgIpc) is 3.27. The number of hydrogen-bond donors (Lipinski definition) is 2. The summed E-state index contributed by atoms with van der Waals surface area (Å²) in [4.78, 5) is 25.0. The number of anilines is 2. The number of hydrogen-bond acceptors (Lipinski definition) is 4. The minimum absolute atomic E-state index is 0.0552. The molecule has 4 nitrogen and oxygen atoms in total. The number of benzene rings is 8. The second-order valence-electron chi connectivity index (χ2n) is 14.6. The summed E-state index contributed by atoms with van der Waals surface area (Å²) in [7, 11) is 0. The minimum atomic E-state index is 0.0552. The summed E-state index contributed by atoms with van der Waals surface area (Å²) in [6.07, 6.45) is 3.51. The van der Waals surface area contributed by atoms with Gasteiger partial charge in [-0.05, 0) is 94.5 Å². The Balaban J connectivity index is 0.000000199. The van der Waals surface area contributed by atoms with Crippen molar-refractivity contribution in [1.29, 1.82) is 0 Å². The molecule has 284 valence electrons. The Hall–Kier alpha value is -7.30. The van der Waals surface area contributed by atoms with Gasteiger partial charge in [0.25, 0.3) is 0 Å². The third kappa shape index (κ3) is 10.9. The van der Waals surface area contributed by atoms with Gasteiger partial charge >= 0.3 is 0 Å². The van der Waals surface area contributed by atoms with Gasteiger partial charge in [0, 0.05) is 33.6 Å². The lowest BCUT2D eigenvalue weighted by Gasteiger charge is -2.08. The smallest absolute Gasteiger partial charge is 0.193 e. The number of carbonyl (C=O) groups is 2. The van der Waals surface area contributed by atoms with E-state index in [0.717, 1.165) is 48.2 Å². The number of nitrogens with two attached hydrogens (primary N) is 2. The summed E-state index contributed by atoms with van der Waals surface area (Å²) < 4.78 is 0. The van der Waals surface area contributed by atoms with Gasteiger partial charge in [-0.25, -0.2) is 0 Å². The van der Waals surface area contributed by atoms with Crippen molar-refractivity contribution >= 4 is 22.9 Å². The Morgan fingerprint density at radius 2 is 0.448 bits per heavy atom.